The van der Waals surface area contributed by atoms with E-state index in [1.165, 1.54) is 36.9 Å². The molecule has 2 heterocycles. The van der Waals surface area contributed by atoms with E-state index >= 15 is 0 Å². The molecular formula is C15H21N3. The van der Waals surface area contributed by atoms with E-state index in [2.05, 4.69) is 47.0 Å². The van der Waals surface area contributed by atoms with Gasteiger partial charge < -0.3 is 9.88 Å². The number of imidazole rings is 1. The maximum atomic E-state index is 4.61. The largest absolute Gasteiger partial charge is 0.331 e. The standard InChI is InChI=1S/C15H21N3/c1-11-17-14-7-3-6-13(15(14)18(11)2)9-12-5-4-8-16-10-12/h3,6-7,12,16H,4-5,8-10H2,1-2H3. The molecule has 1 unspecified atom stereocenters. The summed E-state index contributed by atoms with van der Waals surface area (Å²) in [6.45, 7) is 4.42. The Morgan fingerprint density at radius 1 is 1.44 bits per heavy atom. The van der Waals surface area contributed by atoms with Crippen LogP contribution in [0.3, 0.4) is 0 Å². The minimum Gasteiger partial charge on any atom is -0.331 e. The van der Waals surface area contributed by atoms with Gasteiger partial charge in [-0.25, -0.2) is 4.98 Å². The van der Waals surface area contributed by atoms with Gasteiger partial charge in [0, 0.05) is 7.05 Å². The second kappa shape index (κ2) is 4.73. The predicted octanol–water partition coefficient (Wildman–Crippen LogP) is 2.42. The minimum atomic E-state index is 0.777. The van der Waals surface area contributed by atoms with Crippen molar-refractivity contribution < 1.29 is 0 Å². The molecule has 1 aliphatic heterocycles. The van der Waals surface area contributed by atoms with Crippen LogP contribution in [0, 0.1) is 12.8 Å². The second-order valence-corrected chi connectivity index (χ2v) is 5.42. The van der Waals surface area contributed by atoms with Crippen molar-refractivity contribution in [3.8, 4) is 0 Å². The Bertz CT molecular complexity index is 550. The first-order chi connectivity index (χ1) is 8.75. The maximum absolute atomic E-state index is 4.61. The fourth-order valence-corrected chi connectivity index (χ4v) is 3.04. The average molecular weight is 243 g/mol. The fourth-order valence-electron chi connectivity index (χ4n) is 3.04. The van der Waals surface area contributed by atoms with E-state index in [-0.39, 0.29) is 0 Å². The number of hydrogen-bond acceptors (Lipinski definition) is 2. The number of aryl methyl sites for hydroxylation is 2. The average Bonchev–Trinajstić information content (AvgIpc) is 2.67. The molecule has 1 aliphatic rings. The number of para-hydroxylation sites is 1. The van der Waals surface area contributed by atoms with Crippen LogP contribution < -0.4 is 5.32 Å². The third-order valence-corrected chi connectivity index (χ3v) is 4.11. The van der Waals surface area contributed by atoms with Crippen molar-refractivity contribution in [1.82, 2.24) is 14.9 Å². The molecule has 1 aromatic carbocycles. The highest BCUT2D eigenvalue weighted by atomic mass is 15.1. The Kier molecular flexibility index (Phi) is 3.08. The first-order valence-electron chi connectivity index (χ1n) is 6.87. The zero-order chi connectivity index (χ0) is 12.5. The van der Waals surface area contributed by atoms with Crippen LogP contribution in [0.15, 0.2) is 18.2 Å². The first kappa shape index (κ1) is 11.7. The molecule has 0 aliphatic carbocycles. The topological polar surface area (TPSA) is 29.9 Å². The molecule has 96 valence electrons. The van der Waals surface area contributed by atoms with Crippen molar-refractivity contribution >= 4 is 11.0 Å². The summed E-state index contributed by atoms with van der Waals surface area (Å²) >= 11 is 0. The van der Waals surface area contributed by atoms with Crippen LogP contribution in [0.25, 0.3) is 11.0 Å². The normalized spacial score (nSPS) is 20.4. The third kappa shape index (κ3) is 2.03. The highest BCUT2D eigenvalue weighted by molar-refractivity contribution is 5.79. The van der Waals surface area contributed by atoms with Crippen LogP contribution in [0.5, 0.6) is 0 Å². The van der Waals surface area contributed by atoms with Gasteiger partial charge in [0.25, 0.3) is 0 Å². The lowest BCUT2D eigenvalue weighted by molar-refractivity contribution is 0.376. The monoisotopic (exact) mass is 243 g/mol. The number of hydrogen-bond donors (Lipinski definition) is 1. The summed E-state index contributed by atoms with van der Waals surface area (Å²) in [4.78, 5) is 4.61. The summed E-state index contributed by atoms with van der Waals surface area (Å²) in [6, 6.07) is 6.52. The summed E-state index contributed by atoms with van der Waals surface area (Å²) < 4.78 is 2.22. The van der Waals surface area contributed by atoms with Gasteiger partial charge in [-0.2, -0.15) is 0 Å². The Labute approximate surface area is 108 Å². The van der Waals surface area contributed by atoms with Gasteiger partial charge in [-0.3, -0.25) is 0 Å². The van der Waals surface area contributed by atoms with Gasteiger partial charge in [-0.15, -0.1) is 0 Å². The highest BCUT2D eigenvalue weighted by Gasteiger charge is 2.16. The summed E-state index contributed by atoms with van der Waals surface area (Å²) in [7, 11) is 2.12. The van der Waals surface area contributed by atoms with Gasteiger partial charge in [-0.1, -0.05) is 12.1 Å². The molecule has 0 saturated carbocycles. The van der Waals surface area contributed by atoms with Crippen molar-refractivity contribution in [2.45, 2.75) is 26.2 Å². The van der Waals surface area contributed by atoms with Crippen molar-refractivity contribution in [3.05, 3.63) is 29.6 Å². The van der Waals surface area contributed by atoms with Gasteiger partial charge in [0.05, 0.1) is 11.0 Å². The van der Waals surface area contributed by atoms with E-state index in [0.717, 1.165) is 23.8 Å². The van der Waals surface area contributed by atoms with E-state index in [1.807, 2.05) is 0 Å². The highest BCUT2D eigenvalue weighted by Crippen LogP contribution is 2.24. The van der Waals surface area contributed by atoms with E-state index < -0.39 is 0 Å². The van der Waals surface area contributed by atoms with Gasteiger partial charge in [-0.05, 0) is 56.8 Å². The molecule has 0 bridgehead atoms. The number of fused-ring (bicyclic) bond motifs is 1. The summed E-state index contributed by atoms with van der Waals surface area (Å²) in [6.07, 6.45) is 3.83. The molecule has 0 radical (unpaired) electrons. The number of benzene rings is 1. The molecule has 2 aromatic rings. The molecule has 3 rings (SSSR count). The lowest BCUT2D eigenvalue weighted by Crippen LogP contribution is -2.30. The van der Waals surface area contributed by atoms with Crippen molar-refractivity contribution in [2.24, 2.45) is 13.0 Å². The third-order valence-electron chi connectivity index (χ3n) is 4.11. The van der Waals surface area contributed by atoms with Gasteiger partial charge >= 0.3 is 0 Å². The van der Waals surface area contributed by atoms with E-state index in [4.69, 9.17) is 0 Å². The van der Waals surface area contributed by atoms with Crippen LogP contribution in [0.2, 0.25) is 0 Å². The number of rotatable bonds is 2. The maximum Gasteiger partial charge on any atom is 0.106 e. The quantitative estimate of drug-likeness (QED) is 0.878. The lowest BCUT2D eigenvalue weighted by Gasteiger charge is -2.23. The number of nitrogens with zero attached hydrogens (tertiary/aromatic N) is 2. The summed E-state index contributed by atoms with van der Waals surface area (Å²) in [5.41, 5.74) is 3.90. The SMILES string of the molecule is Cc1nc2cccc(CC3CCCNC3)c2n1C. The number of aromatic nitrogens is 2. The van der Waals surface area contributed by atoms with E-state index in [1.54, 1.807) is 0 Å². The van der Waals surface area contributed by atoms with E-state index in [9.17, 15) is 0 Å². The molecule has 1 N–H and O–H groups in total. The Balaban J connectivity index is 1.95. The first-order valence-corrected chi connectivity index (χ1v) is 6.87. The number of piperidine rings is 1. The van der Waals surface area contributed by atoms with Crippen molar-refractivity contribution in [3.63, 3.8) is 0 Å². The molecule has 1 saturated heterocycles. The minimum absolute atomic E-state index is 0.777. The molecule has 1 fully saturated rings. The predicted molar refractivity (Wildman–Crippen MR) is 74.7 cm³/mol. The van der Waals surface area contributed by atoms with Crippen molar-refractivity contribution in [2.75, 3.05) is 13.1 Å². The smallest absolute Gasteiger partial charge is 0.106 e. The molecule has 1 atom stereocenters. The zero-order valence-corrected chi connectivity index (χ0v) is 11.2. The van der Waals surface area contributed by atoms with Gasteiger partial charge in [0.15, 0.2) is 0 Å². The lowest BCUT2D eigenvalue weighted by atomic mass is 9.92. The Hall–Kier alpha value is -1.35. The summed E-state index contributed by atoms with van der Waals surface area (Å²) in [5.74, 6) is 1.87. The van der Waals surface area contributed by atoms with Crippen LogP contribution in [0.1, 0.15) is 24.2 Å². The zero-order valence-electron chi connectivity index (χ0n) is 11.2. The van der Waals surface area contributed by atoms with Crippen LogP contribution in [0.4, 0.5) is 0 Å². The molecule has 0 spiro atoms. The molecule has 3 heteroatoms. The van der Waals surface area contributed by atoms with Crippen LogP contribution >= 0.6 is 0 Å². The van der Waals surface area contributed by atoms with Gasteiger partial charge in [0.2, 0.25) is 0 Å². The van der Waals surface area contributed by atoms with Gasteiger partial charge in [0.1, 0.15) is 5.82 Å². The van der Waals surface area contributed by atoms with Crippen LogP contribution in [-0.2, 0) is 13.5 Å². The Morgan fingerprint density at radius 3 is 3.11 bits per heavy atom. The molecular weight excluding hydrogens is 222 g/mol. The molecule has 1 aromatic heterocycles. The molecule has 0 amide bonds. The summed E-state index contributed by atoms with van der Waals surface area (Å²) in [5, 5.41) is 3.50. The van der Waals surface area contributed by atoms with E-state index in [0.29, 0.717) is 0 Å². The molecule has 18 heavy (non-hydrogen) atoms. The fraction of sp³-hybridized carbons (Fsp3) is 0.533. The van der Waals surface area contributed by atoms with Crippen LogP contribution in [-0.4, -0.2) is 22.6 Å². The Morgan fingerprint density at radius 2 is 2.33 bits per heavy atom. The second-order valence-electron chi connectivity index (χ2n) is 5.42. The van der Waals surface area contributed by atoms with Crippen molar-refractivity contribution in [1.29, 1.82) is 0 Å². The number of nitrogens with one attached hydrogen (secondary N) is 1. The molecule has 3 nitrogen and oxygen atoms in total.